The molecule has 0 aliphatic heterocycles. The molecule has 0 atom stereocenters. The highest BCUT2D eigenvalue weighted by Gasteiger charge is 2.30. The zero-order valence-corrected chi connectivity index (χ0v) is 17.8. The molecule has 0 spiro atoms. The van der Waals surface area contributed by atoms with Gasteiger partial charge in [-0.15, -0.1) is 0 Å². The van der Waals surface area contributed by atoms with Crippen LogP contribution in [0.5, 0.6) is 5.75 Å². The molecule has 0 unspecified atom stereocenters. The second kappa shape index (κ2) is 8.90. The molecule has 1 heterocycles. The summed E-state index contributed by atoms with van der Waals surface area (Å²) in [5.74, 6) is -0.0297. The van der Waals surface area contributed by atoms with Crippen LogP contribution >= 0.6 is 0 Å². The molecule has 8 heteroatoms. The number of phenolic OH excluding ortho intramolecular Hbond substituents is 1. The zero-order valence-electron chi connectivity index (χ0n) is 17.8. The average molecular weight is 444 g/mol. The number of aromatic nitrogens is 1. The number of carbonyl (C=O) groups is 1. The number of aromatic hydroxyl groups is 1. The van der Waals surface area contributed by atoms with E-state index in [2.05, 4.69) is 10.3 Å². The highest BCUT2D eigenvalue weighted by Crippen LogP contribution is 2.36. The van der Waals surface area contributed by atoms with Gasteiger partial charge in [-0.1, -0.05) is 18.2 Å². The van der Waals surface area contributed by atoms with Gasteiger partial charge in [-0.25, -0.2) is 4.79 Å². The Kier molecular flexibility index (Phi) is 6.43. The first-order valence-corrected chi connectivity index (χ1v) is 9.85. The number of nitrogens with one attached hydrogen (secondary N) is 1. The monoisotopic (exact) mass is 444 g/mol. The van der Waals surface area contributed by atoms with Crippen molar-refractivity contribution in [2.75, 3.05) is 0 Å². The molecule has 0 radical (unpaired) electrons. The van der Waals surface area contributed by atoms with E-state index < -0.39 is 23.4 Å². The summed E-state index contributed by atoms with van der Waals surface area (Å²) in [5.41, 5.74) is 1.08. The first-order valence-electron chi connectivity index (χ1n) is 9.85. The fourth-order valence-electron chi connectivity index (χ4n) is 3.04. The summed E-state index contributed by atoms with van der Waals surface area (Å²) in [7, 11) is 0. The maximum atomic E-state index is 13.1. The number of ether oxygens (including phenoxy) is 1. The summed E-state index contributed by atoms with van der Waals surface area (Å²) in [6.45, 7) is 5.37. The molecule has 1 aromatic heterocycles. The number of halogens is 3. The summed E-state index contributed by atoms with van der Waals surface area (Å²) >= 11 is 0. The van der Waals surface area contributed by atoms with E-state index in [1.165, 1.54) is 18.3 Å². The lowest BCUT2D eigenvalue weighted by Crippen LogP contribution is -2.32. The molecule has 0 aliphatic rings. The van der Waals surface area contributed by atoms with Gasteiger partial charge in [-0.3, -0.25) is 4.98 Å². The minimum atomic E-state index is -4.45. The second-order valence-electron chi connectivity index (χ2n) is 8.20. The Labute approximate surface area is 183 Å². The number of alkyl halides is 3. The van der Waals surface area contributed by atoms with Crippen LogP contribution < -0.4 is 5.32 Å². The Morgan fingerprint density at radius 1 is 1.00 bits per heavy atom. The molecule has 0 saturated carbocycles. The number of pyridine rings is 1. The van der Waals surface area contributed by atoms with Crippen LogP contribution in [0.3, 0.4) is 0 Å². The van der Waals surface area contributed by atoms with Gasteiger partial charge < -0.3 is 15.2 Å². The van der Waals surface area contributed by atoms with Crippen molar-refractivity contribution >= 4 is 6.09 Å². The number of carbonyl (C=O) groups excluding carboxylic acids is 1. The number of hydrogen-bond acceptors (Lipinski definition) is 4. The molecule has 1 amide bonds. The molecule has 3 rings (SSSR count). The van der Waals surface area contributed by atoms with Crippen molar-refractivity contribution in [3.8, 4) is 28.0 Å². The van der Waals surface area contributed by atoms with E-state index in [0.717, 1.165) is 12.1 Å². The standard InChI is InChI=1S/C24H23F3N2O3/c1-23(2,3)32-22(31)29-14-19-12-17(9-10-28-19)20-13-16(7-8-21(20)30)15-5-4-6-18(11-15)24(25,26)27/h4-13,30H,14H2,1-3H3,(H,29,31). The van der Waals surface area contributed by atoms with Crippen molar-refractivity contribution in [3.63, 3.8) is 0 Å². The lowest BCUT2D eigenvalue weighted by Gasteiger charge is -2.19. The molecule has 0 bridgehead atoms. The van der Waals surface area contributed by atoms with Gasteiger partial charge in [0.25, 0.3) is 0 Å². The van der Waals surface area contributed by atoms with Gasteiger partial charge in [-0.05, 0) is 73.9 Å². The van der Waals surface area contributed by atoms with Crippen LogP contribution in [0.25, 0.3) is 22.3 Å². The second-order valence-corrected chi connectivity index (χ2v) is 8.20. The molecule has 5 nitrogen and oxygen atoms in total. The summed E-state index contributed by atoms with van der Waals surface area (Å²) in [5, 5.41) is 13.0. The Hall–Kier alpha value is -3.55. The van der Waals surface area contributed by atoms with Crippen molar-refractivity contribution in [2.24, 2.45) is 0 Å². The average Bonchev–Trinajstić information content (AvgIpc) is 2.71. The molecular weight excluding hydrogens is 421 g/mol. The van der Waals surface area contributed by atoms with Gasteiger partial charge in [0.05, 0.1) is 17.8 Å². The van der Waals surface area contributed by atoms with Gasteiger partial charge in [0.1, 0.15) is 11.4 Å². The van der Waals surface area contributed by atoms with Crippen LogP contribution in [0.15, 0.2) is 60.8 Å². The number of phenols is 1. The van der Waals surface area contributed by atoms with Crippen LogP contribution in [0, 0.1) is 0 Å². The van der Waals surface area contributed by atoms with Crippen molar-refractivity contribution in [1.29, 1.82) is 0 Å². The van der Waals surface area contributed by atoms with Crippen LogP contribution in [0.1, 0.15) is 32.0 Å². The Morgan fingerprint density at radius 3 is 2.41 bits per heavy atom. The number of benzene rings is 2. The topological polar surface area (TPSA) is 71.5 Å². The smallest absolute Gasteiger partial charge is 0.416 e. The van der Waals surface area contributed by atoms with E-state index >= 15 is 0 Å². The third-order valence-electron chi connectivity index (χ3n) is 4.46. The Bertz CT molecular complexity index is 1120. The molecule has 2 N–H and O–H groups in total. The van der Waals surface area contributed by atoms with Gasteiger partial charge in [0.2, 0.25) is 0 Å². The summed E-state index contributed by atoms with van der Waals surface area (Å²) in [4.78, 5) is 16.1. The first-order chi connectivity index (χ1) is 14.9. The minimum Gasteiger partial charge on any atom is -0.507 e. The summed E-state index contributed by atoms with van der Waals surface area (Å²) in [6, 6.07) is 13.0. The predicted molar refractivity (Wildman–Crippen MR) is 115 cm³/mol. The van der Waals surface area contributed by atoms with Crippen LogP contribution in [0.4, 0.5) is 18.0 Å². The molecular formula is C24H23F3N2O3. The highest BCUT2D eigenvalue weighted by molar-refractivity contribution is 5.77. The SMILES string of the molecule is CC(C)(C)OC(=O)NCc1cc(-c2cc(-c3cccc(C(F)(F)F)c3)ccc2O)ccn1. The molecule has 168 valence electrons. The van der Waals surface area contributed by atoms with Gasteiger partial charge >= 0.3 is 12.3 Å². The van der Waals surface area contributed by atoms with E-state index in [4.69, 9.17) is 4.74 Å². The Balaban J connectivity index is 1.86. The fraction of sp³-hybridized carbons (Fsp3) is 0.250. The quantitative estimate of drug-likeness (QED) is 0.505. The number of alkyl carbamates (subject to hydrolysis) is 1. The van der Waals surface area contributed by atoms with E-state index in [-0.39, 0.29) is 12.3 Å². The maximum absolute atomic E-state index is 13.1. The highest BCUT2D eigenvalue weighted by atomic mass is 19.4. The van der Waals surface area contributed by atoms with E-state index in [1.807, 2.05) is 0 Å². The van der Waals surface area contributed by atoms with Crippen molar-refractivity contribution in [3.05, 3.63) is 72.1 Å². The number of nitrogens with zero attached hydrogens (tertiary/aromatic N) is 1. The molecule has 32 heavy (non-hydrogen) atoms. The molecule has 2 aromatic carbocycles. The third kappa shape index (κ3) is 6.00. The van der Waals surface area contributed by atoms with Gasteiger partial charge in [-0.2, -0.15) is 13.2 Å². The van der Waals surface area contributed by atoms with Crippen LogP contribution in [-0.2, 0) is 17.5 Å². The molecule has 0 aliphatic carbocycles. The van der Waals surface area contributed by atoms with E-state index in [1.54, 1.807) is 51.1 Å². The first kappa shape index (κ1) is 23.1. The summed E-state index contributed by atoms with van der Waals surface area (Å²) in [6.07, 6.45) is -3.51. The van der Waals surface area contributed by atoms with Gasteiger partial charge in [0, 0.05) is 11.8 Å². The van der Waals surface area contributed by atoms with Crippen LogP contribution in [-0.4, -0.2) is 21.8 Å². The largest absolute Gasteiger partial charge is 0.507 e. The van der Waals surface area contributed by atoms with Crippen molar-refractivity contribution in [2.45, 2.75) is 39.1 Å². The lowest BCUT2D eigenvalue weighted by atomic mass is 9.97. The normalized spacial score (nSPS) is 11.8. The summed E-state index contributed by atoms with van der Waals surface area (Å²) < 4.78 is 44.4. The number of hydrogen-bond donors (Lipinski definition) is 2. The fourth-order valence-corrected chi connectivity index (χ4v) is 3.04. The molecule has 3 aromatic rings. The van der Waals surface area contributed by atoms with E-state index in [9.17, 15) is 23.1 Å². The zero-order chi connectivity index (χ0) is 23.5. The predicted octanol–water partition coefficient (Wildman–Crippen LogP) is 6.16. The van der Waals surface area contributed by atoms with E-state index in [0.29, 0.717) is 27.9 Å². The molecule has 0 fully saturated rings. The number of rotatable bonds is 4. The van der Waals surface area contributed by atoms with Gasteiger partial charge in [0.15, 0.2) is 0 Å². The minimum absolute atomic E-state index is 0.0297. The molecule has 0 saturated heterocycles. The third-order valence-corrected chi connectivity index (χ3v) is 4.46. The maximum Gasteiger partial charge on any atom is 0.416 e. The van der Waals surface area contributed by atoms with Crippen molar-refractivity contribution in [1.82, 2.24) is 10.3 Å². The van der Waals surface area contributed by atoms with Crippen molar-refractivity contribution < 1.29 is 27.8 Å². The van der Waals surface area contributed by atoms with Crippen LogP contribution in [0.2, 0.25) is 0 Å². The Morgan fingerprint density at radius 2 is 1.72 bits per heavy atom. The number of amides is 1. The lowest BCUT2D eigenvalue weighted by molar-refractivity contribution is -0.137.